The van der Waals surface area contributed by atoms with E-state index in [0.717, 1.165) is 10.5 Å². The van der Waals surface area contributed by atoms with Gasteiger partial charge >= 0.3 is 12.1 Å². The Bertz CT molecular complexity index is 569. The number of carboxylic acid groups (broad SMARTS) is 1. The molecule has 1 fully saturated rings. The number of esters is 1. The normalized spacial score (nSPS) is 26.4. The van der Waals surface area contributed by atoms with Crippen LogP contribution in [-0.2, 0) is 16.0 Å². The summed E-state index contributed by atoms with van der Waals surface area (Å²) < 4.78 is 13.6. The van der Waals surface area contributed by atoms with Crippen molar-refractivity contribution < 1.29 is 20.8 Å². The molecule has 0 spiro atoms. The van der Waals surface area contributed by atoms with Crippen LogP contribution in [0.3, 0.4) is 0 Å². The summed E-state index contributed by atoms with van der Waals surface area (Å²) in [6.07, 6.45) is -1.77. The highest BCUT2D eigenvalue weighted by Crippen LogP contribution is 2.33. The number of rotatable bonds is 3. The SMILES string of the molecule is [2H][C@]1(CCc2ccccc2)C(=O)O[C@H](C(C)(C)C)N1C(=O)O. The van der Waals surface area contributed by atoms with E-state index in [1.807, 2.05) is 30.3 Å². The van der Waals surface area contributed by atoms with Gasteiger partial charge in [0.1, 0.15) is 6.02 Å². The van der Waals surface area contributed by atoms with Crippen LogP contribution in [0.1, 0.15) is 34.1 Å². The van der Waals surface area contributed by atoms with E-state index in [9.17, 15) is 14.7 Å². The average Bonchev–Trinajstić information content (AvgIpc) is 2.71. The molecule has 114 valence electrons. The zero-order valence-electron chi connectivity index (χ0n) is 13.5. The minimum Gasteiger partial charge on any atom is -0.465 e. The Labute approximate surface area is 125 Å². The highest BCUT2D eigenvalue weighted by Gasteiger charge is 2.49. The van der Waals surface area contributed by atoms with Crippen LogP contribution in [0.4, 0.5) is 4.79 Å². The number of amides is 1. The van der Waals surface area contributed by atoms with Gasteiger partial charge in [-0.1, -0.05) is 51.1 Å². The van der Waals surface area contributed by atoms with Crippen LogP contribution in [0.5, 0.6) is 0 Å². The monoisotopic (exact) mass is 292 g/mol. The van der Waals surface area contributed by atoms with E-state index in [-0.39, 0.29) is 6.42 Å². The molecule has 5 heteroatoms. The van der Waals surface area contributed by atoms with Gasteiger partial charge in [0.15, 0.2) is 6.23 Å². The molecule has 0 aliphatic carbocycles. The van der Waals surface area contributed by atoms with Gasteiger partial charge in [0.2, 0.25) is 0 Å². The van der Waals surface area contributed by atoms with Gasteiger partial charge in [-0.15, -0.1) is 0 Å². The van der Waals surface area contributed by atoms with Crippen LogP contribution < -0.4 is 0 Å². The first-order valence-corrected chi connectivity index (χ1v) is 6.93. The van der Waals surface area contributed by atoms with Gasteiger partial charge in [-0.3, -0.25) is 4.90 Å². The lowest BCUT2D eigenvalue weighted by Crippen LogP contribution is -2.47. The summed E-state index contributed by atoms with van der Waals surface area (Å²) in [5.74, 6) is -0.800. The number of hydrogen-bond donors (Lipinski definition) is 1. The zero-order valence-corrected chi connectivity index (χ0v) is 12.5. The molecule has 0 unspecified atom stereocenters. The number of carbonyl (C=O) groups excluding carboxylic acids is 1. The molecule has 0 aromatic heterocycles. The molecule has 1 aromatic rings. The summed E-state index contributed by atoms with van der Waals surface area (Å²) in [6, 6.07) is 7.48. The number of nitrogens with zero attached hydrogens (tertiary/aromatic N) is 1. The first-order valence-electron chi connectivity index (χ1n) is 7.43. The van der Waals surface area contributed by atoms with Gasteiger partial charge in [0.05, 0.1) is 1.37 Å². The standard InChI is InChI=1S/C16H21NO4/c1-16(2,3)14-17(15(19)20)12(13(18)21-14)10-9-11-7-5-4-6-8-11/h4-8,12,14H,9-10H2,1-3H3,(H,19,20)/t12-,14+/m0/s1/i12D. The molecule has 1 N–H and O–H groups in total. The highest BCUT2D eigenvalue weighted by molar-refractivity contribution is 5.84. The van der Waals surface area contributed by atoms with Crippen LogP contribution >= 0.6 is 0 Å². The molecule has 0 radical (unpaired) electrons. The van der Waals surface area contributed by atoms with Crippen LogP contribution in [-0.4, -0.2) is 34.3 Å². The Morgan fingerprint density at radius 2 is 2.00 bits per heavy atom. The van der Waals surface area contributed by atoms with Crippen molar-refractivity contribution in [2.24, 2.45) is 5.41 Å². The molecule has 2 rings (SSSR count). The second-order valence-corrected chi connectivity index (χ2v) is 6.21. The summed E-state index contributed by atoms with van der Waals surface area (Å²) in [5.41, 5.74) is 0.357. The first-order chi connectivity index (χ1) is 10.2. The third-order valence-corrected chi connectivity index (χ3v) is 3.42. The second-order valence-electron chi connectivity index (χ2n) is 6.21. The molecule has 0 saturated carbocycles. The lowest BCUT2D eigenvalue weighted by Gasteiger charge is -2.32. The Kier molecular flexibility index (Phi) is 3.82. The molecule has 1 aliphatic heterocycles. The lowest BCUT2D eigenvalue weighted by atomic mass is 9.93. The van der Waals surface area contributed by atoms with Crippen LogP contribution in [0.15, 0.2) is 30.3 Å². The summed E-state index contributed by atoms with van der Waals surface area (Å²) in [4.78, 5) is 24.6. The van der Waals surface area contributed by atoms with Crippen molar-refractivity contribution in [2.75, 3.05) is 0 Å². The molecular formula is C16H21NO4. The topological polar surface area (TPSA) is 66.8 Å². The van der Waals surface area contributed by atoms with Crippen molar-refractivity contribution >= 4 is 12.1 Å². The number of hydrogen-bond acceptors (Lipinski definition) is 3. The summed E-state index contributed by atoms with van der Waals surface area (Å²) in [6.45, 7) is 5.34. The smallest absolute Gasteiger partial charge is 0.410 e. The first kappa shape index (κ1) is 13.9. The molecule has 0 bridgehead atoms. The second kappa shape index (κ2) is 5.76. The number of cyclic esters (lactones) is 1. The van der Waals surface area contributed by atoms with Gasteiger partial charge in [-0.25, -0.2) is 9.59 Å². The number of aryl methyl sites for hydroxylation is 1. The van der Waals surface area contributed by atoms with Crippen molar-refractivity contribution in [1.82, 2.24) is 4.90 Å². The quantitative estimate of drug-likeness (QED) is 0.870. The predicted octanol–water partition coefficient (Wildman–Crippen LogP) is 2.90. The molecule has 5 nitrogen and oxygen atoms in total. The van der Waals surface area contributed by atoms with E-state index < -0.39 is 29.7 Å². The van der Waals surface area contributed by atoms with Gasteiger partial charge < -0.3 is 9.84 Å². The molecule has 2 atom stereocenters. The molecule has 1 heterocycles. The summed E-state index contributed by atoms with van der Waals surface area (Å²) in [7, 11) is 0. The number of ether oxygens (including phenoxy) is 1. The fourth-order valence-corrected chi connectivity index (χ4v) is 2.37. The highest BCUT2D eigenvalue weighted by atomic mass is 16.6. The van der Waals surface area contributed by atoms with Gasteiger partial charge in [-0.05, 0) is 18.4 Å². The van der Waals surface area contributed by atoms with Crippen molar-refractivity contribution in [3.63, 3.8) is 0 Å². The van der Waals surface area contributed by atoms with E-state index in [4.69, 9.17) is 6.11 Å². The lowest BCUT2D eigenvalue weighted by molar-refractivity contribution is -0.147. The Morgan fingerprint density at radius 1 is 1.38 bits per heavy atom. The van der Waals surface area contributed by atoms with Crippen molar-refractivity contribution in [1.29, 1.82) is 0 Å². The largest absolute Gasteiger partial charge is 0.465 e. The fraction of sp³-hybridized carbons (Fsp3) is 0.500. The van der Waals surface area contributed by atoms with Crippen LogP contribution in [0.25, 0.3) is 0 Å². The van der Waals surface area contributed by atoms with E-state index in [0.29, 0.717) is 6.42 Å². The van der Waals surface area contributed by atoms with Crippen LogP contribution in [0, 0.1) is 5.41 Å². The molecular weight excluding hydrogens is 270 g/mol. The third kappa shape index (κ3) is 3.35. The van der Waals surface area contributed by atoms with Gasteiger partial charge in [0.25, 0.3) is 0 Å². The maximum atomic E-state index is 12.2. The minimum atomic E-state index is -1.90. The third-order valence-electron chi connectivity index (χ3n) is 3.42. The molecule has 21 heavy (non-hydrogen) atoms. The van der Waals surface area contributed by atoms with Gasteiger partial charge in [-0.2, -0.15) is 0 Å². The van der Waals surface area contributed by atoms with E-state index in [1.165, 1.54) is 0 Å². The molecule has 1 aliphatic rings. The maximum absolute atomic E-state index is 12.2. The van der Waals surface area contributed by atoms with E-state index in [2.05, 4.69) is 0 Å². The van der Waals surface area contributed by atoms with Crippen molar-refractivity contribution in [2.45, 2.75) is 45.9 Å². The summed E-state index contributed by atoms with van der Waals surface area (Å²) in [5, 5.41) is 9.47. The fourth-order valence-electron chi connectivity index (χ4n) is 2.37. The average molecular weight is 292 g/mol. The van der Waals surface area contributed by atoms with Crippen LogP contribution in [0.2, 0.25) is 0 Å². The van der Waals surface area contributed by atoms with Crippen molar-refractivity contribution in [3.8, 4) is 0 Å². The van der Waals surface area contributed by atoms with Crippen molar-refractivity contribution in [3.05, 3.63) is 35.9 Å². The Balaban J connectivity index is 2.26. The molecule has 1 saturated heterocycles. The number of benzene rings is 1. The predicted molar refractivity (Wildman–Crippen MR) is 77.7 cm³/mol. The summed E-state index contributed by atoms with van der Waals surface area (Å²) >= 11 is 0. The van der Waals surface area contributed by atoms with E-state index in [1.54, 1.807) is 20.8 Å². The maximum Gasteiger partial charge on any atom is 0.410 e. The zero-order chi connectivity index (χ0) is 16.5. The molecule has 1 aromatic carbocycles. The van der Waals surface area contributed by atoms with Gasteiger partial charge in [0, 0.05) is 5.41 Å². The van der Waals surface area contributed by atoms with E-state index >= 15 is 0 Å². The Hall–Kier alpha value is -2.04. The Morgan fingerprint density at radius 3 is 2.52 bits per heavy atom. The number of carbonyl (C=O) groups is 2. The molecule has 1 amide bonds. The minimum absolute atomic E-state index is 0.0642.